The topological polar surface area (TPSA) is 99.2 Å². The normalized spacial score (nSPS) is 14.6. The molecule has 178 valence electrons. The van der Waals surface area contributed by atoms with Crippen LogP contribution in [0.1, 0.15) is 29.8 Å². The Kier molecular flexibility index (Phi) is 8.61. The molecule has 0 aliphatic carbocycles. The predicted molar refractivity (Wildman–Crippen MR) is 136 cm³/mol. The maximum absolute atomic E-state index is 12.7. The van der Waals surface area contributed by atoms with E-state index >= 15 is 0 Å². The second-order valence-electron chi connectivity index (χ2n) is 7.24. The Balaban J connectivity index is 1.82. The highest BCUT2D eigenvalue weighted by Gasteiger charge is 2.37. The van der Waals surface area contributed by atoms with Gasteiger partial charge in [0.05, 0.1) is 27.3 Å². The second-order valence-corrected chi connectivity index (χ2v) is 9.83. The summed E-state index contributed by atoms with van der Waals surface area (Å²) >= 11 is 8.64. The lowest BCUT2D eigenvalue weighted by Gasteiger charge is -2.13. The van der Waals surface area contributed by atoms with Gasteiger partial charge in [-0.2, -0.15) is 0 Å². The number of esters is 2. The summed E-state index contributed by atoms with van der Waals surface area (Å²) in [5.41, 5.74) is 0.818. The maximum Gasteiger partial charge on any atom is 0.343 e. The van der Waals surface area contributed by atoms with Crippen molar-refractivity contribution in [2.24, 2.45) is 0 Å². The second kappa shape index (κ2) is 11.2. The summed E-state index contributed by atoms with van der Waals surface area (Å²) in [4.78, 5) is 50.3. The Morgan fingerprint density at radius 1 is 1.21 bits per heavy atom. The number of benzene rings is 2. The number of carbonyl (C=O) groups is 4. The molecule has 2 aromatic carbocycles. The molecule has 0 atom stereocenters. The molecule has 0 N–H and O–H groups in total. The molecule has 8 nitrogen and oxygen atoms in total. The highest BCUT2D eigenvalue weighted by Crippen LogP contribution is 2.37. The fourth-order valence-corrected chi connectivity index (χ4v) is 4.67. The van der Waals surface area contributed by atoms with Crippen LogP contribution in [0.3, 0.4) is 0 Å². The molecule has 1 fully saturated rings. The van der Waals surface area contributed by atoms with Crippen molar-refractivity contribution in [3.05, 3.63) is 61.0 Å². The summed E-state index contributed by atoms with van der Waals surface area (Å²) in [6, 6.07) is 9.60. The molecule has 1 aliphatic heterocycles. The first kappa shape index (κ1) is 26.0. The van der Waals surface area contributed by atoms with Gasteiger partial charge in [0.25, 0.3) is 11.1 Å². The predicted octanol–water partition coefficient (Wildman–Crippen LogP) is 5.16. The molecule has 11 heteroatoms. The van der Waals surface area contributed by atoms with Gasteiger partial charge in [-0.25, -0.2) is 4.79 Å². The van der Waals surface area contributed by atoms with Gasteiger partial charge in [0.1, 0.15) is 6.54 Å². The summed E-state index contributed by atoms with van der Waals surface area (Å²) in [5, 5.41) is -0.163. The molecule has 0 spiro atoms. The zero-order valence-corrected chi connectivity index (χ0v) is 22.0. The van der Waals surface area contributed by atoms with Gasteiger partial charge in [0.15, 0.2) is 11.5 Å². The number of hydrogen-bond donors (Lipinski definition) is 0. The van der Waals surface area contributed by atoms with Crippen LogP contribution < -0.4 is 9.47 Å². The lowest BCUT2D eigenvalue weighted by atomic mass is 10.1. The van der Waals surface area contributed by atoms with Crippen molar-refractivity contribution >= 4 is 75.1 Å². The SMILES string of the molecule is COc1cc(/C=C2\SC(=O)N(CC(=O)OC(C)C)C2=O)cc(I)c1OC(=O)c1cccc(Cl)c1. The fraction of sp³-hybridized carbons (Fsp3) is 0.217. The summed E-state index contributed by atoms with van der Waals surface area (Å²) in [5.74, 6) is -1.41. The molecule has 2 amide bonds. The smallest absolute Gasteiger partial charge is 0.343 e. The Hall–Kier alpha value is -2.57. The molecule has 1 heterocycles. The Morgan fingerprint density at radius 2 is 1.94 bits per heavy atom. The van der Waals surface area contributed by atoms with Crippen molar-refractivity contribution in [2.45, 2.75) is 20.0 Å². The van der Waals surface area contributed by atoms with Gasteiger partial charge in [0, 0.05) is 5.02 Å². The van der Waals surface area contributed by atoms with E-state index in [2.05, 4.69) is 0 Å². The molecule has 2 aromatic rings. The molecule has 3 rings (SSSR count). The standard InChI is InChI=1S/C23H19ClINO7S/c1-12(2)32-19(27)11-26-21(28)18(34-23(26)30)9-13-7-16(25)20(17(8-13)31-3)33-22(29)14-5-4-6-15(24)10-14/h4-10,12H,11H2,1-3H3/b18-9-. The minimum Gasteiger partial charge on any atom is -0.493 e. The molecular formula is C23H19ClINO7S. The van der Waals surface area contributed by atoms with E-state index < -0.39 is 29.6 Å². The molecule has 1 saturated heterocycles. The van der Waals surface area contributed by atoms with E-state index in [4.69, 9.17) is 25.8 Å². The number of carbonyl (C=O) groups excluding carboxylic acids is 4. The average molecular weight is 616 g/mol. The van der Waals surface area contributed by atoms with Crippen LogP contribution in [-0.2, 0) is 14.3 Å². The van der Waals surface area contributed by atoms with E-state index in [0.717, 1.165) is 16.7 Å². The van der Waals surface area contributed by atoms with Crippen molar-refractivity contribution < 1.29 is 33.4 Å². The third-order valence-electron chi connectivity index (χ3n) is 4.33. The maximum atomic E-state index is 12.7. The Labute approximate surface area is 218 Å². The number of thioether (sulfide) groups is 1. The van der Waals surface area contributed by atoms with Crippen LogP contribution in [-0.4, -0.2) is 47.7 Å². The van der Waals surface area contributed by atoms with Gasteiger partial charge in [-0.3, -0.25) is 19.3 Å². The molecule has 1 aliphatic rings. The molecular weight excluding hydrogens is 597 g/mol. The third-order valence-corrected chi connectivity index (χ3v) is 6.28. The van der Waals surface area contributed by atoms with Crippen LogP contribution in [0.5, 0.6) is 11.5 Å². The Morgan fingerprint density at radius 3 is 2.59 bits per heavy atom. The molecule has 0 saturated carbocycles. The van der Waals surface area contributed by atoms with E-state index in [1.165, 1.54) is 19.3 Å². The van der Waals surface area contributed by atoms with Crippen LogP contribution in [0, 0.1) is 3.57 Å². The first-order valence-corrected chi connectivity index (χ1v) is 12.2. The van der Waals surface area contributed by atoms with E-state index in [-0.39, 0.29) is 28.1 Å². The summed E-state index contributed by atoms with van der Waals surface area (Å²) in [7, 11) is 1.42. The first-order valence-electron chi connectivity index (χ1n) is 9.89. The average Bonchev–Trinajstić information content (AvgIpc) is 3.02. The highest BCUT2D eigenvalue weighted by atomic mass is 127. The summed E-state index contributed by atoms with van der Waals surface area (Å²) < 4.78 is 16.5. The van der Waals surface area contributed by atoms with Gasteiger partial charge in [-0.05, 0) is 90.2 Å². The number of methoxy groups -OCH3 is 1. The van der Waals surface area contributed by atoms with Crippen LogP contribution in [0.4, 0.5) is 4.79 Å². The molecule has 0 bridgehead atoms. The minimum atomic E-state index is -0.666. The molecule has 0 radical (unpaired) electrons. The largest absolute Gasteiger partial charge is 0.493 e. The van der Waals surface area contributed by atoms with Crippen molar-refractivity contribution in [1.82, 2.24) is 4.90 Å². The van der Waals surface area contributed by atoms with Gasteiger partial charge in [-0.15, -0.1) is 0 Å². The van der Waals surface area contributed by atoms with Crippen LogP contribution >= 0.6 is 46.0 Å². The number of hydrogen-bond acceptors (Lipinski definition) is 8. The number of ether oxygens (including phenoxy) is 3. The van der Waals surface area contributed by atoms with Gasteiger partial charge in [-0.1, -0.05) is 17.7 Å². The van der Waals surface area contributed by atoms with E-state index in [0.29, 0.717) is 14.2 Å². The van der Waals surface area contributed by atoms with E-state index in [1.54, 1.807) is 44.2 Å². The lowest BCUT2D eigenvalue weighted by Crippen LogP contribution is -2.35. The lowest BCUT2D eigenvalue weighted by molar-refractivity contribution is -0.149. The van der Waals surface area contributed by atoms with Crippen LogP contribution in [0.25, 0.3) is 6.08 Å². The molecule has 0 unspecified atom stereocenters. The number of rotatable bonds is 7. The van der Waals surface area contributed by atoms with E-state index in [1.807, 2.05) is 22.6 Å². The minimum absolute atomic E-state index is 0.142. The fourth-order valence-electron chi connectivity index (χ4n) is 2.91. The summed E-state index contributed by atoms with van der Waals surface area (Å²) in [6.45, 7) is 2.90. The van der Waals surface area contributed by atoms with Gasteiger partial charge in [0.2, 0.25) is 0 Å². The summed E-state index contributed by atoms with van der Waals surface area (Å²) in [6.07, 6.45) is 1.15. The van der Waals surface area contributed by atoms with Gasteiger partial charge >= 0.3 is 11.9 Å². The quantitative estimate of drug-likeness (QED) is 0.182. The van der Waals surface area contributed by atoms with Crippen LogP contribution in [0.2, 0.25) is 5.02 Å². The number of nitrogens with zero attached hydrogens (tertiary/aromatic N) is 1. The van der Waals surface area contributed by atoms with E-state index in [9.17, 15) is 19.2 Å². The molecule has 0 aromatic heterocycles. The van der Waals surface area contributed by atoms with Crippen molar-refractivity contribution in [1.29, 1.82) is 0 Å². The number of imide groups is 1. The Bertz CT molecular complexity index is 1200. The highest BCUT2D eigenvalue weighted by molar-refractivity contribution is 14.1. The zero-order valence-electron chi connectivity index (χ0n) is 18.3. The number of amides is 2. The van der Waals surface area contributed by atoms with Crippen molar-refractivity contribution in [3.63, 3.8) is 0 Å². The van der Waals surface area contributed by atoms with Crippen molar-refractivity contribution in [3.8, 4) is 11.5 Å². The zero-order chi connectivity index (χ0) is 25.0. The van der Waals surface area contributed by atoms with Gasteiger partial charge < -0.3 is 14.2 Å². The van der Waals surface area contributed by atoms with Crippen LogP contribution in [0.15, 0.2) is 41.3 Å². The first-order chi connectivity index (χ1) is 16.1. The third kappa shape index (κ3) is 6.30. The monoisotopic (exact) mass is 615 g/mol. The number of halogens is 2. The van der Waals surface area contributed by atoms with Crippen molar-refractivity contribution in [2.75, 3.05) is 13.7 Å². The molecule has 34 heavy (non-hydrogen) atoms.